The summed E-state index contributed by atoms with van der Waals surface area (Å²) in [7, 11) is -3.52. The van der Waals surface area contributed by atoms with E-state index in [1.54, 1.807) is 0 Å². The van der Waals surface area contributed by atoms with Crippen LogP contribution >= 0.6 is 0 Å². The Morgan fingerprint density at radius 2 is 1.10 bits per heavy atom. The van der Waals surface area contributed by atoms with Crippen molar-refractivity contribution in [3.05, 3.63) is 0 Å². The van der Waals surface area contributed by atoms with E-state index >= 15 is 0 Å². The zero-order valence-corrected chi connectivity index (χ0v) is 18.8. The summed E-state index contributed by atoms with van der Waals surface area (Å²) in [5, 5.41) is 0. The number of amides is 1. The Balaban J connectivity index is 1.11. The zero-order chi connectivity index (χ0) is 21.5. The van der Waals surface area contributed by atoms with Crippen LogP contribution in [0.4, 0.5) is 0 Å². The maximum atomic E-state index is 13.1. The summed E-state index contributed by atoms with van der Waals surface area (Å²) in [5.74, 6) is -1.06. The first-order valence-electron chi connectivity index (χ1n) is 11.5. The van der Waals surface area contributed by atoms with Gasteiger partial charge in [-0.3, -0.25) is 4.79 Å². The molecule has 5 aliphatic heterocycles. The monoisotopic (exact) mass is 459 g/mol. The van der Waals surface area contributed by atoms with Gasteiger partial charge in [0.2, 0.25) is 5.91 Å². The van der Waals surface area contributed by atoms with Crippen LogP contribution in [0.3, 0.4) is 0 Å². The lowest BCUT2D eigenvalue weighted by atomic mass is 9.94. The van der Waals surface area contributed by atoms with Gasteiger partial charge in [0.05, 0.1) is 26.4 Å². The molecule has 10 nitrogen and oxygen atoms in total. The van der Waals surface area contributed by atoms with Crippen LogP contribution in [-0.2, 0) is 34.0 Å². The highest BCUT2D eigenvalue weighted by atomic mass is 32.2. The third kappa shape index (κ3) is 4.25. The van der Waals surface area contributed by atoms with Crippen LogP contribution in [0.1, 0.15) is 38.5 Å². The molecule has 1 amide bonds. The quantitative estimate of drug-likeness (QED) is 0.592. The summed E-state index contributed by atoms with van der Waals surface area (Å²) in [5.41, 5.74) is 0. The van der Waals surface area contributed by atoms with Gasteiger partial charge >= 0.3 is 0 Å². The van der Waals surface area contributed by atoms with Gasteiger partial charge in [-0.25, -0.2) is 0 Å². The summed E-state index contributed by atoms with van der Waals surface area (Å²) in [6.07, 6.45) is 3.66. The van der Waals surface area contributed by atoms with Crippen molar-refractivity contribution in [1.82, 2.24) is 13.5 Å². The average molecular weight is 460 g/mol. The van der Waals surface area contributed by atoms with Gasteiger partial charge in [0.25, 0.3) is 10.2 Å². The van der Waals surface area contributed by atoms with E-state index in [0.29, 0.717) is 104 Å². The molecule has 0 saturated carbocycles. The SMILES string of the molecule is O=C(C1CCN(S(=O)(=O)N2CCC3(CC2)OCCO3)CC1)N1CCC2(CC1)OCCO2. The highest BCUT2D eigenvalue weighted by molar-refractivity contribution is 7.86. The molecule has 5 fully saturated rings. The highest BCUT2D eigenvalue weighted by Gasteiger charge is 2.45. The van der Waals surface area contributed by atoms with E-state index < -0.39 is 21.8 Å². The van der Waals surface area contributed by atoms with Crippen LogP contribution in [0.15, 0.2) is 0 Å². The zero-order valence-electron chi connectivity index (χ0n) is 18.0. The molecule has 5 saturated heterocycles. The predicted octanol–water partition coefficient (Wildman–Crippen LogP) is 0.148. The van der Waals surface area contributed by atoms with Crippen LogP contribution in [0.2, 0.25) is 0 Å². The van der Waals surface area contributed by atoms with Crippen LogP contribution in [0.5, 0.6) is 0 Å². The third-order valence-corrected chi connectivity index (χ3v) is 9.44. The van der Waals surface area contributed by atoms with E-state index in [0.717, 1.165) is 0 Å². The Morgan fingerprint density at radius 3 is 1.58 bits per heavy atom. The lowest BCUT2D eigenvalue weighted by molar-refractivity contribution is -0.188. The summed E-state index contributed by atoms with van der Waals surface area (Å²) in [6, 6.07) is 0. The molecule has 0 radical (unpaired) electrons. The molecule has 0 unspecified atom stereocenters. The Bertz CT molecular complexity index is 752. The minimum atomic E-state index is -3.52. The van der Waals surface area contributed by atoms with Crippen molar-refractivity contribution in [3.8, 4) is 0 Å². The minimum Gasteiger partial charge on any atom is -0.347 e. The van der Waals surface area contributed by atoms with E-state index in [4.69, 9.17) is 18.9 Å². The van der Waals surface area contributed by atoms with Crippen LogP contribution in [0.25, 0.3) is 0 Å². The van der Waals surface area contributed by atoms with Gasteiger partial charge in [0.1, 0.15) is 0 Å². The molecule has 5 rings (SSSR count). The Kier molecular flexibility index (Phi) is 6.04. The van der Waals surface area contributed by atoms with Gasteiger partial charge in [-0.2, -0.15) is 17.0 Å². The smallest absolute Gasteiger partial charge is 0.281 e. The van der Waals surface area contributed by atoms with Crippen molar-refractivity contribution < 1.29 is 32.2 Å². The third-order valence-electron chi connectivity index (χ3n) is 7.40. The molecule has 5 aliphatic rings. The first-order chi connectivity index (χ1) is 14.9. The second-order valence-electron chi connectivity index (χ2n) is 9.12. The van der Waals surface area contributed by atoms with Crippen molar-refractivity contribution in [2.24, 2.45) is 5.92 Å². The van der Waals surface area contributed by atoms with Crippen LogP contribution in [-0.4, -0.2) is 105 Å². The van der Waals surface area contributed by atoms with Gasteiger partial charge in [0.15, 0.2) is 11.6 Å². The summed E-state index contributed by atoms with van der Waals surface area (Å²) >= 11 is 0. The van der Waals surface area contributed by atoms with Crippen LogP contribution < -0.4 is 0 Å². The fourth-order valence-electron chi connectivity index (χ4n) is 5.45. The van der Waals surface area contributed by atoms with Crippen molar-refractivity contribution in [3.63, 3.8) is 0 Å². The first-order valence-corrected chi connectivity index (χ1v) is 12.9. The summed E-state index contributed by atoms with van der Waals surface area (Å²) in [4.78, 5) is 14.9. The minimum absolute atomic E-state index is 0.115. The molecule has 0 atom stereocenters. The lowest BCUT2D eigenvalue weighted by Crippen LogP contribution is -2.54. The van der Waals surface area contributed by atoms with Crippen LogP contribution in [0, 0.1) is 5.92 Å². The average Bonchev–Trinajstić information content (AvgIpc) is 3.44. The van der Waals surface area contributed by atoms with E-state index in [-0.39, 0.29) is 11.8 Å². The standard InChI is InChI=1S/C20H33N3O7S/c24-18(21-9-3-19(4-10-21)27-13-14-28-19)17-1-7-22(8-2-17)31(25,26)23-11-5-20(6-12-23)29-15-16-30-20/h17H,1-16H2. The molecule has 31 heavy (non-hydrogen) atoms. The van der Waals surface area contributed by atoms with E-state index in [2.05, 4.69) is 0 Å². The topological polar surface area (TPSA) is 97.9 Å². The normalized spacial score (nSPS) is 30.4. The molecule has 0 N–H and O–H groups in total. The highest BCUT2D eigenvalue weighted by Crippen LogP contribution is 2.35. The number of rotatable bonds is 3. The van der Waals surface area contributed by atoms with Crippen molar-refractivity contribution >= 4 is 16.1 Å². The molecule has 0 aliphatic carbocycles. The lowest BCUT2D eigenvalue weighted by Gasteiger charge is -2.41. The second-order valence-corrected chi connectivity index (χ2v) is 11.0. The predicted molar refractivity (Wildman–Crippen MR) is 109 cm³/mol. The molecule has 176 valence electrons. The van der Waals surface area contributed by atoms with E-state index in [9.17, 15) is 13.2 Å². The number of carbonyl (C=O) groups is 1. The number of hydrogen-bond acceptors (Lipinski definition) is 7. The number of likely N-dealkylation sites (tertiary alicyclic amines) is 1. The van der Waals surface area contributed by atoms with Gasteiger partial charge in [-0.15, -0.1) is 0 Å². The first kappa shape index (κ1) is 22.0. The molecule has 2 spiro atoms. The molecular weight excluding hydrogens is 426 g/mol. The fourth-order valence-corrected chi connectivity index (χ4v) is 7.09. The molecule has 0 aromatic heterocycles. The number of carbonyl (C=O) groups excluding carboxylic acids is 1. The summed E-state index contributed by atoms with van der Waals surface area (Å²) < 4.78 is 52.2. The summed E-state index contributed by atoms with van der Waals surface area (Å²) in [6.45, 7) is 5.25. The number of hydrogen-bond donors (Lipinski definition) is 0. The van der Waals surface area contributed by atoms with Gasteiger partial charge in [-0.05, 0) is 12.8 Å². The molecule has 0 aromatic rings. The Hall–Kier alpha value is -0.820. The fraction of sp³-hybridized carbons (Fsp3) is 0.950. The number of ether oxygens (including phenoxy) is 4. The van der Waals surface area contributed by atoms with E-state index in [1.807, 2.05) is 4.90 Å². The second kappa shape index (κ2) is 8.51. The van der Waals surface area contributed by atoms with Crippen molar-refractivity contribution in [2.75, 3.05) is 65.7 Å². The Labute approximate surface area is 183 Å². The molecular formula is C20H33N3O7S. The maximum absolute atomic E-state index is 13.1. The maximum Gasteiger partial charge on any atom is 0.281 e. The van der Waals surface area contributed by atoms with Gasteiger partial charge in [-0.1, -0.05) is 0 Å². The molecule has 0 bridgehead atoms. The molecule has 0 aromatic carbocycles. The van der Waals surface area contributed by atoms with Crippen molar-refractivity contribution in [1.29, 1.82) is 0 Å². The van der Waals surface area contributed by atoms with Crippen molar-refractivity contribution in [2.45, 2.75) is 50.1 Å². The largest absolute Gasteiger partial charge is 0.347 e. The number of nitrogens with zero attached hydrogens (tertiary/aromatic N) is 3. The van der Waals surface area contributed by atoms with Gasteiger partial charge < -0.3 is 23.8 Å². The molecule has 11 heteroatoms. The van der Waals surface area contributed by atoms with E-state index in [1.165, 1.54) is 8.61 Å². The Morgan fingerprint density at radius 1 is 0.677 bits per heavy atom. The van der Waals surface area contributed by atoms with Gasteiger partial charge in [0, 0.05) is 70.9 Å². The molecule has 5 heterocycles. The number of piperidine rings is 3.